The van der Waals surface area contributed by atoms with Crippen molar-refractivity contribution in [3.8, 4) is 5.75 Å². The highest BCUT2D eigenvalue weighted by molar-refractivity contribution is 7.90. The van der Waals surface area contributed by atoms with Crippen LogP contribution in [-0.2, 0) is 26.6 Å². The number of rotatable bonds is 4. The first-order valence-electron chi connectivity index (χ1n) is 19.8. The molecule has 1 saturated carbocycles. The second kappa shape index (κ2) is 13.8. The third-order valence-corrected chi connectivity index (χ3v) is 16.2. The van der Waals surface area contributed by atoms with E-state index >= 15 is 0 Å². The molecule has 2 aliphatic carbocycles. The van der Waals surface area contributed by atoms with E-state index in [1.807, 2.05) is 32.2 Å². The molecule has 6 atom stereocenters. The van der Waals surface area contributed by atoms with Crippen molar-refractivity contribution in [1.29, 1.82) is 0 Å². The number of carbonyl (C=O) groups is 1. The van der Waals surface area contributed by atoms with Gasteiger partial charge in [0.25, 0.3) is 5.91 Å². The van der Waals surface area contributed by atoms with Gasteiger partial charge < -0.3 is 14.4 Å². The number of ether oxygens (including phenoxy) is 2. The zero-order valence-electron chi connectivity index (χ0n) is 32.1. The molecular formula is C42H57ClN4O5S. The van der Waals surface area contributed by atoms with Crippen LogP contribution in [0, 0.1) is 23.2 Å². The van der Waals surface area contributed by atoms with Crippen LogP contribution >= 0.6 is 11.6 Å². The highest BCUT2D eigenvalue weighted by Crippen LogP contribution is 2.50. The summed E-state index contributed by atoms with van der Waals surface area (Å²) >= 11 is 6.51. The quantitative estimate of drug-likeness (QED) is 0.364. The Labute approximate surface area is 321 Å². The first-order valence-corrected chi connectivity index (χ1v) is 21.7. The van der Waals surface area contributed by atoms with E-state index in [9.17, 15) is 13.2 Å². The molecule has 53 heavy (non-hydrogen) atoms. The molecule has 0 aromatic heterocycles. The summed E-state index contributed by atoms with van der Waals surface area (Å²) in [6.45, 7) is 15.6. The smallest absolute Gasteiger partial charge is 0.264 e. The average molecular weight is 765 g/mol. The van der Waals surface area contributed by atoms with E-state index in [4.69, 9.17) is 21.1 Å². The van der Waals surface area contributed by atoms with Crippen molar-refractivity contribution >= 4 is 33.2 Å². The van der Waals surface area contributed by atoms with Crippen LogP contribution in [-0.4, -0.2) is 101 Å². The molecule has 2 saturated heterocycles. The predicted octanol–water partition coefficient (Wildman–Crippen LogP) is 6.29. The van der Waals surface area contributed by atoms with Crippen LogP contribution < -0.4 is 14.4 Å². The largest absolute Gasteiger partial charge is 0.490 e. The average Bonchev–Trinajstić information content (AvgIpc) is 3.22. The summed E-state index contributed by atoms with van der Waals surface area (Å²) in [5.41, 5.74) is 3.36. The number of benzene rings is 2. The molecule has 0 radical (unpaired) electrons. The molecular weight excluding hydrogens is 708 g/mol. The van der Waals surface area contributed by atoms with E-state index in [1.54, 1.807) is 13.0 Å². The summed E-state index contributed by atoms with van der Waals surface area (Å²) in [5.74, 6) is 0.544. The van der Waals surface area contributed by atoms with Gasteiger partial charge >= 0.3 is 0 Å². The van der Waals surface area contributed by atoms with Gasteiger partial charge in [-0.1, -0.05) is 36.7 Å². The minimum Gasteiger partial charge on any atom is -0.490 e. The van der Waals surface area contributed by atoms with Crippen molar-refractivity contribution in [2.45, 2.75) is 88.5 Å². The van der Waals surface area contributed by atoms with Gasteiger partial charge in [0.2, 0.25) is 10.0 Å². The topological polar surface area (TPSA) is 91.4 Å². The zero-order chi connectivity index (χ0) is 37.3. The third-order valence-electron chi connectivity index (χ3n) is 14.0. The van der Waals surface area contributed by atoms with E-state index in [0.717, 1.165) is 81.3 Å². The standard InChI is InChI=1S/C42H57ClN4O5S/c1-28(2)47-23-40(24-47)21-45(22-40)26-42(51-5)17-6-8-29(3)30(4)53(49,50)44-39(48)32-11-15-38-37(19-32)46(20-33-10-13-36(33)42)25-41(27-52-38)16-7-9-31-18-34(43)12-14-35(31)41/h6,11-12,14-15,17-19,28-30,33,36H,7-10,13,16,20-27H2,1-5H3,(H,44,48)/b17-6-/t29-,30+,33-,36+,41-,42-/m0/s1. The van der Waals surface area contributed by atoms with E-state index < -0.39 is 26.8 Å². The molecule has 2 aromatic rings. The molecule has 9 nitrogen and oxygen atoms in total. The Morgan fingerprint density at radius 3 is 2.57 bits per heavy atom. The van der Waals surface area contributed by atoms with Gasteiger partial charge in [0.1, 0.15) is 11.4 Å². The minimum atomic E-state index is -3.95. The van der Waals surface area contributed by atoms with Gasteiger partial charge in [-0.05, 0) is 119 Å². The number of anilines is 1. The minimum absolute atomic E-state index is 0.208. The highest BCUT2D eigenvalue weighted by atomic mass is 35.5. The number of sulfonamides is 1. The van der Waals surface area contributed by atoms with E-state index in [2.05, 4.69) is 57.6 Å². The Kier molecular flexibility index (Phi) is 9.74. The Bertz CT molecular complexity index is 1870. The number of amides is 1. The lowest BCUT2D eigenvalue weighted by Crippen LogP contribution is -2.74. The number of allylic oxidation sites excluding steroid dienone is 1. The van der Waals surface area contributed by atoms with Gasteiger partial charge in [-0.25, -0.2) is 13.1 Å². The molecule has 2 spiro atoms. The first-order chi connectivity index (χ1) is 25.2. The highest BCUT2D eigenvalue weighted by Gasteiger charge is 2.56. The number of methoxy groups -OCH3 is 1. The van der Waals surface area contributed by atoms with Crippen molar-refractivity contribution in [1.82, 2.24) is 14.5 Å². The number of nitrogens with zero attached hydrogens (tertiary/aromatic N) is 3. The Balaban J connectivity index is 1.16. The van der Waals surface area contributed by atoms with Gasteiger partial charge in [0.05, 0.1) is 17.5 Å². The van der Waals surface area contributed by atoms with E-state index in [0.29, 0.717) is 36.0 Å². The van der Waals surface area contributed by atoms with Gasteiger partial charge in [-0.2, -0.15) is 0 Å². The summed E-state index contributed by atoms with van der Waals surface area (Å²) in [7, 11) is -2.08. The molecule has 2 aromatic carbocycles. The lowest BCUT2D eigenvalue weighted by atomic mass is 9.62. The second-order valence-corrected chi connectivity index (χ2v) is 20.3. The third kappa shape index (κ3) is 6.72. The maximum atomic E-state index is 13.7. The molecule has 4 heterocycles. The normalized spacial score (nSPS) is 34.5. The van der Waals surface area contributed by atoms with Gasteiger partial charge in [-0.15, -0.1) is 0 Å². The number of halogens is 1. The lowest BCUT2D eigenvalue weighted by Gasteiger charge is -2.63. The molecule has 4 aliphatic heterocycles. The number of hydrogen-bond acceptors (Lipinski definition) is 8. The van der Waals surface area contributed by atoms with Crippen LogP contribution in [0.4, 0.5) is 5.69 Å². The SMILES string of the molecule is CO[C@]1(CN2CC3(C2)CN(C(C)C)C3)/C=C\C[C@H](C)[C@@H](C)S(=O)(=O)NC(=O)c2ccc3c(c2)N(C[C@@H]2CC[C@H]21)C[C@@]1(CCCc2cc(Cl)ccc21)CO3. The maximum Gasteiger partial charge on any atom is 0.264 e. The summed E-state index contributed by atoms with van der Waals surface area (Å²) in [6.07, 6.45) is 10.2. The second-order valence-electron chi connectivity index (χ2n) is 17.8. The van der Waals surface area contributed by atoms with Crippen LogP contribution in [0.2, 0.25) is 5.02 Å². The van der Waals surface area contributed by atoms with Crippen LogP contribution in [0.25, 0.3) is 0 Å². The summed E-state index contributed by atoms with van der Waals surface area (Å²) < 4.78 is 43.0. The predicted molar refractivity (Wildman–Crippen MR) is 211 cm³/mol. The zero-order valence-corrected chi connectivity index (χ0v) is 33.6. The van der Waals surface area contributed by atoms with E-state index in [-0.39, 0.29) is 17.3 Å². The van der Waals surface area contributed by atoms with Crippen molar-refractivity contribution in [3.63, 3.8) is 0 Å². The number of likely N-dealkylation sites (tertiary alicyclic amines) is 2. The van der Waals surface area contributed by atoms with Gasteiger partial charge in [0.15, 0.2) is 0 Å². The fourth-order valence-electron chi connectivity index (χ4n) is 10.6. The lowest BCUT2D eigenvalue weighted by molar-refractivity contribution is -0.161. The molecule has 288 valence electrons. The molecule has 11 heteroatoms. The van der Waals surface area contributed by atoms with Crippen molar-refractivity contribution in [2.75, 3.05) is 64.4 Å². The fraction of sp³-hybridized carbons (Fsp3) is 0.643. The number of hydrogen-bond donors (Lipinski definition) is 1. The van der Waals surface area contributed by atoms with Crippen molar-refractivity contribution < 1.29 is 22.7 Å². The van der Waals surface area contributed by atoms with Crippen LogP contribution in [0.3, 0.4) is 0 Å². The Morgan fingerprint density at radius 2 is 1.85 bits per heavy atom. The molecule has 0 unspecified atom stereocenters. The number of fused-ring (bicyclic) bond motifs is 4. The summed E-state index contributed by atoms with van der Waals surface area (Å²) in [4.78, 5) is 21.3. The molecule has 3 fully saturated rings. The Hall–Kier alpha value is -2.63. The van der Waals surface area contributed by atoms with Crippen LogP contribution in [0.15, 0.2) is 48.6 Å². The van der Waals surface area contributed by atoms with E-state index in [1.165, 1.54) is 24.2 Å². The maximum absolute atomic E-state index is 13.7. The van der Waals surface area contributed by atoms with Gasteiger partial charge in [0, 0.05) is 80.4 Å². The number of nitrogens with one attached hydrogen (secondary N) is 1. The molecule has 8 rings (SSSR count). The van der Waals surface area contributed by atoms with Crippen LogP contribution in [0.1, 0.15) is 81.3 Å². The molecule has 1 amide bonds. The fourth-order valence-corrected chi connectivity index (χ4v) is 12.0. The van der Waals surface area contributed by atoms with Gasteiger partial charge in [-0.3, -0.25) is 14.6 Å². The van der Waals surface area contributed by atoms with Crippen molar-refractivity contribution in [3.05, 3.63) is 70.3 Å². The summed E-state index contributed by atoms with van der Waals surface area (Å²) in [6, 6.07) is 12.3. The number of carbonyl (C=O) groups excluding carboxylic acids is 1. The van der Waals surface area contributed by atoms with Crippen LogP contribution in [0.5, 0.6) is 5.75 Å². The molecule has 2 bridgehead atoms. The first kappa shape index (κ1) is 37.3. The van der Waals surface area contributed by atoms with Crippen molar-refractivity contribution in [2.24, 2.45) is 23.2 Å². The monoisotopic (exact) mass is 764 g/mol. The number of aryl methyl sites for hydroxylation is 1. The molecule has 6 aliphatic rings. The molecule has 1 N–H and O–H groups in total. The summed E-state index contributed by atoms with van der Waals surface area (Å²) in [5, 5.41) is -0.0162. The Morgan fingerprint density at radius 1 is 1.06 bits per heavy atom.